The summed E-state index contributed by atoms with van der Waals surface area (Å²) >= 11 is 8.33. The molecule has 0 spiro atoms. The Kier molecular flexibility index (Phi) is 32.2. The summed E-state index contributed by atoms with van der Waals surface area (Å²) in [5.41, 5.74) is 12.8. The molecule has 3 rings (SSSR count). The van der Waals surface area contributed by atoms with Crippen molar-refractivity contribution < 1.29 is 84.5 Å². The van der Waals surface area contributed by atoms with Crippen molar-refractivity contribution in [1.82, 2.24) is 63.5 Å². The van der Waals surface area contributed by atoms with Gasteiger partial charge in [-0.2, -0.15) is 51.6 Å². The molecule has 90 heavy (non-hydrogen) atoms. The lowest BCUT2D eigenvalue weighted by Gasteiger charge is -2.28. The third-order valence-corrected chi connectivity index (χ3v) is 14.0. The number of unbranched alkanes of at least 4 members (excludes halogenated alkanes) is 2. The van der Waals surface area contributed by atoms with E-state index in [-0.39, 0.29) is 69.5 Å². The molecule has 0 aliphatic heterocycles. The summed E-state index contributed by atoms with van der Waals surface area (Å²) in [6.07, 6.45) is -10.9. The number of aliphatic hydroxyl groups is 2. The molecule has 0 saturated heterocycles. The van der Waals surface area contributed by atoms with E-state index in [1.807, 2.05) is 0 Å². The van der Waals surface area contributed by atoms with Crippen LogP contribution in [0.15, 0.2) is 65.8 Å². The lowest BCUT2D eigenvalue weighted by Crippen LogP contribution is -2.62. The maximum atomic E-state index is 14.7. The monoisotopic (exact) mass is 1320 g/mol. The Morgan fingerprint density at radius 1 is 0.578 bits per heavy atom. The first-order valence-electron chi connectivity index (χ1n) is 28.3. The number of para-hydroxylation sites is 1. The number of hydrogen-bond donors (Lipinski definition) is 18. The fourth-order valence-electron chi connectivity index (χ4n) is 8.62. The number of alkyl halides is 6. The SMILES string of the molecule is CC(=O)N[C@@H](CCCCNC(=NCC(F)(F)F)NCC(F)(F)F)C(=O)NCC(=O)N[C@@H](CS)C(=O)N[C@@H](Cc1ccccc1)C(=O)N[C@H](Cc1c[nH]c2ccccc12)C(=O)N[C@@H](CCCCN)C(=O)N[C@H](C(=O)N[C@@H](CS)C(=O)N[C@H](C(N)=O)[C@@H](C)O)[C@@H](C)O. The largest absolute Gasteiger partial charge is 0.408 e. The van der Waals surface area contributed by atoms with Gasteiger partial charge in [-0.25, -0.2) is 4.99 Å². The Hall–Kier alpha value is -7.89. The van der Waals surface area contributed by atoms with E-state index in [9.17, 15) is 84.5 Å². The number of halogens is 6. The van der Waals surface area contributed by atoms with Gasteiger partial charge in [-0.05, 0) is 76.1 Å². The van der Waals surface area contributed by atoms with Crippen LogP contribution >= 0.6 is 25.3 Å². The zero-order chi connectivity index (χ0) is 67.3. The van der Waals surface area contributed by atoms with Gasteiger partial charge in [0.25, 0.3) is 0 Å². The van der Waals surface area contributed by atoms with Gasteiger partial charge in [0.2, 0.25) is 59.1 Å². The molecule has 10 amide bonds. The number of carbonyl (C=O) groups is 10. The number of benzene rings is 2. The summed E-state index contributed by atoms with van der Waals surface area (Å²) in [7, 11) is 0. The van der Waals surface area contributed by atoms with Crippen LogP contribution in [0.3, 0.4) is 0 Å². The van der Waals surface area contributed by atoms with E-state index >= 15 is 0 Å². The van der Waals surface area contributed by atoms with Crippen molar-refractivity contribution in [2.45, 2.75) is 145 Å². The Balaban J connectivity index is 1.85. The van der Waals surface area contributed by atoms with Gasteiger partial charge < -0.3 is 85.1 Å². The number of amides is 10. The topological polar surface area (TPSA) is 424 Å². The van der Waals surface area contributed by atoms with Crippen LogP contribution in [0.1, 0.15) is 70.4 Å². The molecule has 27 nitrogen and oxygen atoms in total. The minimum atomic E-state index is -4.81. The standard InChI is InChI=1S/C55H79F6N15O12S2/c1-29(77)43(45(63)81)75-51(87)41(26-90)74-52(88)44(30(2)78)76-47(83)37(17-9-11-19-62)71-49(85)39(22-33-23-65-35-16-8-7-15-34(33)35)73-48(84)38(21-32-13-5-4-6-14-32)72-50(86)40(25-89)70-42(80)24-66-46(82)36(69-31(3)79)18-10-12-20-64-53(67-27-54(56,57)58)68-28-55(59,60)61/h4-8,13-16,23,29-30,36-41,43-44,65,77-78,89-90H,9-12,17-22,24-28,62H2,1-3H3,(H2,63,81)(H,66,82)(H,69,79)(H,70,80)(H,71,85)(H,72,86)(H,73,84)(H,74,88)(H,75,87)(H,76,83)(H2,64,67,68)/t29-,30-,36+,37+,38+,39-,40+,41+,43+,44+/m1/s1. The molecular weight excluding hydrogens is 1240 g/mol. The molecule has 0 aliphatic carbocycles. The second-order valence-electron chi connectivity index (χ2n) is 20.8. The highest BCUT2D eigenvalue weighted by atomic mass is 32.1. The van der Waals surface area contributed by atoms with Crippen LogP contribution in [0, 0.1) is 0 Å². The number of hydrogen-bond acceptors (Lipinski definition) is 16. The van der Waals surface area contributed by atoms with Crippen molar-refractivity contribution in [1.29, 1.82) is 0 Å². The van der Waals surface area contributed by atoms with Gasteiger partial charge in [-0.15, -0.1) is 0 Å². The highest BCUT2D eigenvalue weighted by Gasteiger charge is 2.37. The second-order valence-corrected chi connectivity index (χ2v) is 21.5. The number of aromatic nitrogens is 1. The number of aliphatic imine (C=N–C) groups is 1. The fraction of sp³-hybridized carbons (Fsp3) is 0.545. The third kappa shape index (κ3) is 27.9. The first kappa shape index (κ1) is 76.4. The van der Waals surface area contributed by atoms with Crippen LogP contribution < -0.4 is 70.0 Å². The highest BCUT2D eigenvalue weighted by Crippen LogP contribution is 2.20. The molecule has 0 saturated carbocycles. The molecule has 500 valence electrons. The number of carbonyl (C=O) groups excluding carboxylic acids is 10. The van der Waals surface area contributed by atoms with Gasteiger partial charge in [0.1, 0.15) is 61.4 Å². The number of aliphatic hydroxyl groups excluding tert-OH is 2. The van der Waals surface area contributed by atoms with Crippen molar-refractivity contribution >= 4 is 101 Å². The molecule has 0 bridgehead atoms. The summed E-state index contributed by atoms with van der Waals surface area (Å²) in [5, 5.41) is 47.5. The summed E-state index contributed by atoms with van der Waals surface area (Å²) in [5.74, 6) is -10.9. The fourth-order valence-corrected chi connectivity index (χ4v) is 9.13. The highest BCUT2D eigenvalue weighted by molar-refractivity contribution is 7.80. The van der Waals surface area contributed by atoms with Crippen molar-refractivity contribution in [3.8, 4) is 0 Å². The second kappa shape index (κ2) is 38.0. The van der Waals surface area contributed by atoms with Crippen LogP contribution in [-0.4, -0.2) is 197 Å². The molecule has 35 heteroatoms. The van der Waals surface area contributed by atoms with E-state index in [0.717, 1.165) is 13.8 Å². The number of thiol groups is 2. The van der Waals surface area contributed by atoms with Gasteiger partial charge >= 0.3 is 12.4 Å². The smallest absolute Gasteiger partial charge is 0.391 e. The number of primary amides is 1. The number of guanidine groups is 1. The first-order chi connectivity index (χ1) is 42.4. The molecule has 0 fully saturated rings. The average Bonchev–Trinajstić information content (AvgIpc) is 3.62. The predicted octanol–water partition coefficient (Wildman–Crippen LogP) is -1.97. The van der Waals surface area contributed by atoms with E-state index in [0.29, 0.717) is 28.5 Å². The van der Waals surface area contributed by atoms with Gasteiger partial charge in [0.05, 0.1) is 18.8 Å². The van der Waals surface area contributed by atoms with Gasteiger partial charge in [-0.3, -0.25) is 47.9 Å². The van der Waals surface area contributed by atoms with Gasteiger partial charge in [0, 0.05) is 54.9 Å². The Morgan fingerprint density at radius 2 is 1.09 bits per heavy atom. The summed E-state index contributed by atoms with van der Waals surface area (Å²) < 4.78 is 76.4. The molecule has 18 N–H and O–H groups in total. The number of rotatable bonds is 37. The third-order valence-electron chi connectivity index (χ3n) is 13.2. The van der Waals surface area contributed by atoms with Crippen LogP contribution in [-0.2, 0) is 60.8 Å². The van der Waals surface area contributed by atoms with Crippen molar-refractivity contribution in [2.24, 2.45) is 16.5 Å². The molecule has 2 aromatic carbocycles. The van der Waals surface area contributed by atoms with Crippen LogP contribution in [0.25, 0.3) is 10.9 Å². The quantitative estimate of drug-likeness (QED) is 0.00980. The van der Waals surface area contributed by atoms with E-state index in [2.05, 4.69) is 88.4 Å². The minimum absolute atomic E-state index is 0.0634. The molecule has 0 aliphatic rings. The summed E-state index contributed by atoms with van der Waals surface area (Å²) in [6.45, 7) is -0.784. The molecule has 0 unspecified atom stereocenters. The normalized spacial score (nSPS) is 15.1. The molecule has 1 aromatic heterocycles. The summed E-state index contributed by atoms with van der Waals surface area (Å²) in [6, 6.07) is 3.30. The lowest BCUT2D eigenvalue weighted by molar-refractivity contribution is -0.137. The van der Waals surface area contributed by atoms with Crippen LogP contribution in [0.4, 0.5) is 26.3 Å². The minimum Gasteiger partial charge on any atom is -0.391 e. The zero-order valence-corrected chi connectivity index (χ0v) is 51.2. The first-order valence-corrected chi connectivity index (χ1v) is 29.6. The van der Waals surface area contributed by atoms with Crippen LogP contribution in [0.5, 0.6) is 0 Å². The Labute approximate surface area is 524 Å². The maximum Gasteiger partial charge on any atom is 0.408 e. The van der Waals surface area contributed by atoms with Crippen molar-refractivity contribution in [2.75, 3.05) is 44.2 Å². The van der Waals surface area contributed by atoms with E-state index < -0.39 is 158 Å². The number of aromatic amines is 1. The number of nitrogens with zero attached hydrogens (tertiary/aromatic N) is 1. The Morgan fingerprint density at radius 3 is 1.66 bits per heavy atom. The van der Waals surface area contributed by atoms with Crippen LogP contribution in [0.2, 0.25) is 0 Å². The zero-order valence-electron chi connectivity index (χ0n) is 49.4. The predicted molar refractivity (Wildman–Crippen MR) is 324 cm³/mol. The number of nitrogens with two attached hydrogens (primary N) is 2. The van der Waals surface area contributed by atoms with Gasteiger partial charge in [0.15, 0.2) is 5.96 Å². The lowest BCUT2D eigenvalue weighted by atomic mass is 10.0. The molecule has 1 heterocycles. The molecular formula is C55H79F6N15O12S2. The van der Waals surface area contributed by atoms with Crippen molar-refractivity contribution in [3.05, 3.63) is 71.9 Å². The van der Waals surface area contributed by atoms with E-state index in [1.165, 1.54) is 6.92 Å². The Bertz CT molecular complexity index is 2910. The number of fused-ring (bicyclic) bond motifs is 1. The van der Waals surface area contributed by atoms with E-state index in [1.54, 1.807) is 66.1 Å². The molecule has 10 atom stereocenters. The number of nitrogens with one attached hydrogen (secondary N) is 12. The average molecular weight is 1320 g/mol. The number of H-pyrrole nitrogens is 1. The summed E-state index contributed by atoms with van der Waals surface area (Å²) in [4.78, 5) is 141. The van der Waals surface area contributed by atoms with E-state index in [4.69, 9.17) is 11.5 Å². The molecule has 0 radical (unpaired) electrons. The van der Waals surface area contributed by atoms with Crippen molar-refractivity contribution in [3.63, 3.8) is 0 Å². The maximum absolute atomic E-state index is 14.7. The van der Waals surface area contributed by atoms with Gasteiger partial charge in [-0.1, -0.05) is 48.5 Å². The molecule has 3 aromatic rings.